The molecule has 8 heteroatoms. The van der Waals surface area contributed by atoms with Crippen molar-refractivity contribution < 1.29 is 39.1 Å². The quantitative estimate of drug-likeness (QED) is 0.102. The van der Waals surface area contributed by atoms with Gasteiger partial charge in [0.15, 0.2) is 11.5 Å². The van der Waals surface area contributed by atoms with E-state index in [1.807, 2.05) is 37.3 Å². The summed E-state index contributed by atoms with van der Waals surface area (Å²) in [6, 6.07) is 10.1. The number of allylic oxidation sites excluding steroid dienone is 6. The molecule has 0 radical (unpaired) electrons. The Kier molecular flexibility index (Phi) is 11.5. The molecule has 0 amide bonds. The number of ether oxygens (including phenoxy) is 1. The van der Waals surface area contributed by atoms with Crippen molar-refractivity contribution in [2.24, 2.45) is 40.4 Å². The number of carbonyl (C=O) groups excluding carboxylic acids is 2. The van der Waals surface area contributed by atoms with Crippen LogP contribution < -0.4 is 0 Å². The summed E-state index contributed by atoms with van der Waals surface area (Å²) in [5, 5.41) is 43.5. The summed E-state index contributed by atoms with van der Waals surface area (Å²) >= 11 is 0. The van der Waals surface area contributed by atoms with Crippen LogP contribution in [0.2, 0.25) is 0 Å². The molecule has 6 rings (SSSR count). The number of rotatable bonds is 13. The van der Waals surface area contributed by atoms with Gasteiger partial charge in [-0.1, -0.05) is 68.0 Å². The first-order valence-electron chi connectivity index (χ1n) is 19.5. The molecule has 1 unspecified atom stereocenters. The number of hydrogen-bond donors (Lipinski definition) is 4. The SMILES string of the molecule is C[C@@H]1C[C@H]2[C@@H]3CCC4=CC(=O)C=C[C@]4(C)[C@@]3(F)[C@@H](O)C[C@]2(C)C1OC(=O)CCC/C=C\C[C@@H]1[C@@H](CC[C@@H](O)CCc2ccccc2)[C@H](O)C[C@@H]1O. The van der Waals surface area contributed by atoms with Gasteiger partial charge in [-0.2, -0.15) is 0 Å². The highest BCUT2D eigenvalue weighted by atomic mass is 19.1. The molecule has 0 heterocycles. The Labute approximate surface area is 303 Å². The Bertz CT molecular complexity index is 1490. The van der Waals surface area contributed by atoms with Crippen LogP contribution in [0.5, 0.6) is 0 Å². The third-order valence-electron chi connectivity index (χ3n) is 13.9. The fraction of sp³-hybridized carbons (Fsp3) is 0.674. The monoisotopic (exact) mass is 706 g/mol. The first-order valence-corrected chi connectivity index (χ1v) is 19.5. The van der Waals surface area contributed by atoms with Crippen molar-refractivity contribution in [1.82, 2.24) is 0 Å². The number of aryl methyl sites for hydroxylation is 1. The van der Waals surface area contributed by atoms with Crippen LogP contribution in [-0.4, -0.2) is 68.4 Å². The summed E-state index contributed by atoms with van der Waals surface area (Å²) in [4.78, 5) is 25.3. The van der Waals surface area contributed by atoms with Crippen molar-refractivity contribution in [3.05, 3.63) is 71.8 Å². The van der Waals surface area contributed by atoms with Crippen molar-refractivity contribution in [2.75, 3.05) is 0 Å². The molecular formula is C43H59FO7. The maximum atomic E-state index is 17.4. The number of aliphatic hydroxyl groups excluding tert-OH is 4. The van der Waals surface area contributed by atoms with E-state index in [0.717, 1.165) is 18.4 Å². The minimum absolute atomic E-state index is 0.0396. The van der Waals surface area contributed by atoms with Gasteiger partial charge in [0.05, 0.1) is 24.4 Å². The van der Waals surface area contributed by atoms with Gasteiger partial charge in [0.1, 0.15) is 6.10 Å². The normalized spacial score (nSPS) is 40.8. The molecule has 0 saturated heterocycles. The van der Waals surface area contributed by atoms with E-state index in [4.69, 9.17) is 4.74 Å². The third-order valence-corrected chi connectivity index (χ3v) is 13.9. The van der Waals surface area contributed by atoms with Crippen LogP contribution in [0, 0.1) is 40.4 Å². The number of halogens is 1. The van der Waals surface area contributed by atoms with Crippen LogP contribution in [0.25, 0.3) is 0 Å². The zero-order valence-electron chi connectivity index (χ0n) is 30.6. The number of hydrogen-bond acceptors (Lipinski definition) is 7. The summed E-state index contributed by atoms with van der Waals surface area (Å²) in [6.45, 7) is 5.95. The molecule has 1 aromatic carbocycles. The van der Waals surface area contributed by atoms with Gasteiger partial charge in [-0.05, 0) is 125 Å². The van der Waals surface area contributed by atoms with Gasteiger partial charge in [-0.15, -0.1) is 0 Å². The first kappa shape index (κ1) is 38.1. The predicted molar refractivity (Wildman–Crippen MR) is 194 cm³/mol. The molecule has 5 aliphatic rings. The summed E-state index contributed by atoms with van der Waals surface area (Å²) in [5.74, 6) is -0.941. The minimum atomic E-state index is -1.89. The average molecular weight is 707 g/mol. The summed E-state index contributed by atoms with van der Waals surface area (Å²) in [6.07, 6.45) is 12.9. The number of benzene rings is 1. The lowest BCUT2D eigenvalue weighted by Gasteiger charge is -2.61. The van der Waals surface area contributed by atoms with Crippen LogP contribution in [-0.2, 0) is 20.7 Å². The number of unbranched alkanes of at least 4 members (excludes halogenated alkanes) is 1. The Morgan fingerprint density at radius 3 is 2.55 bits per heavy atom. The fourth-order valence-electron chi connectivity index (χ4n) is 11.1. The summed E-state index contributed by atoms with van der Waals surface area (Å²) in [5.41, 5.74) is -1.50. The topological polar surface area (TPSA) is 124 Å². The van der Waals surface area contributed by atoms with E-state index >= 15 is 4.39 Å². The van der Waals surface area contributed by atoms with E-state index in [1.54, 1.807) is 12.2 Å². The third kappa shape index (κ3) is 7.32. The van der Waals surface area contributed by atoms with Gasteiger partial charge in [0, 0.05) is 23.2 Å². The Morgan fingerprint density at radius 2 is 1.78 bits per heavy atom. The molecule has 0 bridgehead atoms. The zero-order valence-corrected chi connectivity index (χ0v) is 30.6. The standard InChI is InChI=1S/C43H59FO7/c1-27-23-35-34-20-16-29-24-31(46)21-22-42(29,3)43(34,44)38(49)26-41(35,2)40(27)51-39(50)14-10-5-4-9-13-32-33(37(48)25-36(32)47)19-18-30(45)17-15-28-11-7-6-8-12-28/h4,6-9,11-12,21-22,24,27,30,32-38,40,45,47-49H,5,10,13-20,23,25-26H2,1-3H3/b9-4-/t27-,30+,32-,33-,34+,35+,36+,37-,38+,40?,41+,42+,43+/m1/s1. The molecule has 1 aromatic rings. The van der Waals surface area contributed by atoms with Crippen LogP contribution in [0.4, 0.5) is 4.39 Å². The van der Waals surface area contributed by atoms with Crippen molar-refractivity contribution in [3.8, 4) is 0 Å². The smallest absolute Gasteiger partial charge is 0.306 e. The highest BCUT2D eigenvalue weighted by molar-refractivity contribution is 6.01. The number of aliphatic hydroxyl groups is 4. The largest absolute Gasteiger partial charge is 0.461 e. The van der Waals surface area contributed by atoms with E-state index in [2.05, 4.69) is 26.0 Å². The summed E-state index contributed by atoms with van der Waals surface area (Å²) in [7, 11) is 0. The van der Waals surface area contributed by atoms with Gasteiger partial charge >= 0.3 is 5.97 Å². The van der Waals surface area contributed by atoms with E-state index in [0.29, 0.717) is 57.8 Å². The average Bonchev–Trinajstić information content (AvgIpc) is 3.50. The molecule has 5 aliphatic carbocycles. The first-order chi connectivity index (χ1) is 24.3. The molecule has 13 atom stereocenters. The van der Waals surface area contributed by atoms with E-state index < -0.39 is 52.9 Å². The maximum Gasteiger partial charge on any atom is 0.306 e. The molecule has 7 nitrogen and oxygen atoms in total. The molecule has 51 heavy (non-hydrogen) atoms. The Hall–Kier alpha value is -2.65. The highest BCUT2D eigenvalue weighted by Crippen LogP contribution is 2.68. The molecular weight excluding hydrogens is 647 g/mol. The van der Waals surface area contributed by atoms with E-state index in [1.165, 1.54) is 11.6 Å². The van der Waals surface area contributed by atoms with Gasteiger partial charge in [-0.25, -0.2) is 4.39 Å². The van der Waals surface area contributed by atoms with Gasteiger partial charge in [-0.3, -0.25) is 9.59 Å². The molecule has 280 valence electrons. The second-order valence-electron chi connectivity index (χ2n) is 17.0. The van der Waals surface area contributed by atoms with Crippen molar-refractivity contribution in [2.45, 2.75) is 140 Å². The predicted octanol–water partition coefficient (Wildman–Crippen LogP) is 6.76. The fourth-order valence-corrected chi connectivity index (χ4v) is 11.1. The minimum Gasteiger partial charge on any atom is -0.461 e. The number of fused-ring (bicyclic) bond motifs is 5. The number of esters is 1. The number of ketones is 1. The maximum absolute atomic E-state index is 17.4. The second-order valence-corrected chi connectivity index (χ2v) is 17.0. The lowest BCUT2D eigenvalue weighted by atomic mass is 9.46. The lowest BCUT2D eigenvalue weighted by Crippen LogP contribution is -2.67. The lowest BCUT2D eigenvalue weighted by molar-refractivity contribution is -0.207. The molecule has 4 fully saturated rings. The van der Waals surface area contributed by atoms with Crippen LogP contribution >= 0.6 is 0 Å². The van der Waals surface area contributed by atoms with Crippen molar-refractivity contribution >= 4 is 11.8 Å². The Morgan fingerprint density at radius 1 is 1.04 bits per heavy atom. The zero-order chi connectivity index (χ0) is 36.6. The van der Waals surface area contributed by atoms with Crippen molar-refractivity contribution in [1.29, 1.82) is 0 Å². The van der Waals surface area contributed by atoms with E-state index in [-0.39, 0.29) is 48.3 Å². The molecule has 0 aromatic heterocycles. The van der Waals surface area contributed by atoms with Gasteiger partial charge in [0.25, 0.3) is 0 Å². The molecule has 4 N–H and O–H groups in total. The van der Waals surface area contributed by atoms with Crippen molar-refractivity contribution in [3.63, 3.8) is 0 Å². The van der Waals surface area contributed by atoms with E-state index in [9.17, 15) is 30.0 Å². The molecule has 4 saturated carbocycles. The highest BCUT2D eigenvalue weighted by Gasteiger charge is 2.71. The van der Waals surface area contributed by atoms with Gasteiger partial charge in [0.2, 0.25) is 0 Å². The second kappa shape index (κ2) is 15.4. The molecule has 0 aliphatic heterocycles. The van der Waals surface area contributed by atoms with Crippen LogP contribution in [0.3, 0.4) is 0 Å². The Balaban J connectivity index is 0.966. The summed E-state index contributed by atoms with van der Waals surface area (Å²) < 4.78 is 23.5. The van der Waals surface area contributed by atoms with Gasteiger partial charge < -0.3 is 25.2 Å². The number of carbonyl (C=O) groups is 2. The number of alkyl halides is 1. The molecule has 0 spiro atoms. The van der Waals surface area contributed by atoms with Crippen LogP contribution in [0.1, 0.15) is 103 Å². The van der Waals surface area contributed by atoms with Crippen LogP contribution in [0.15, 0.2) is 66.3 Å².